The summed E-state index contributed by atoms with van der Waals surface area (Å²) in [4.78, 5) is 0. The standard InChI is InChI=1S/C13H17ClFN/c14-11-8-10(4-5-12(11)15)9-13(16)6-2-1-3-7-13/h4-5,8H,1-3,6-7,9,16H2. The predicted octanol–water partition coefficient (Wildman–Crippen LogP) is 3.68. The molecule has 2 rings (SSSR count). The van der Waals surface area contributed by atoms with Crippen molar-refractivity contribution < 1.29 is 4.39 Å². The molecule has 0 bridgehead atoms. The fourth-order valence-corrected chi connectivity index (χ4v) is 2.69. The summed E-state index contributed by atoms with van der Waals surface area (Å²) in [6, 6.07) is 4.90. The molecular weight excluding hydrogens is 225 g/mol. The van der Waals surface area contributed by atoms with Gasteiger partial charge in [0.25, 0.3) is 0 Å². The summed E-state index contributed by atoms with van der Waals surface area (Å²) >= 11 is 5.76. The maximum absolute atomic E-state index is 13.0. The molecule has 0 spiro atoms. The Hall–Kier alpha value is -0.600. The molecule has 0 unspecified atom stereocenters. The van der Waals surface area contributed by atoms with Crippen LogP contribution >= 0.6 is 11.6 Å². The van der Waals surface area contributed by atoms with Crippen LogP contribution in [0.5, 0.6) is 0 Å². The third kappa shape index (κ3) is 2.74. The third-order valence-electron chi connectivity index (χ3n) is 3.39. The smallest absolute Gasteiger partial charge is 0.141 e. The molecule has 1 aromatic carbocycles. The van der Waals surface area contributed by atoms with E-state index in [0.717, 1.165) is 24.8 Å². The van der Waals surface area contributed by atoms with Crippen LogP contribution in [0.3, 0.4) is 0 Å². The monoisotopic (exact) mass is 241 g/mol. The van der Waals surface area contributed by atoms with Crippen molar-refractivity contribution >= 4 is 11.6 Å². The van der Waals surface area contributed by atoms with Gasteiger partial charge in [-0.2, -0.15) is 0 Å². The fraction of sp³-hybridized carbons (Fsp3) is 0.538. The second-order valence-electron chi connectivity index (χ2n) is 4.85. The van der Waals surface area contributed by atoms with E-state index >= 15 is 0 Å². The quantitative estimate of drug-likeness (QED) is 0.840. The molecular formula is C13H17ClFN. The molecule has 3 heteroatoms. The van der Waals surface area contributed by atoms with Crippen molar-refractivity contribution in [3.8, 4) is 0 Å². The Bertz CT molecular complexity index is 372. The Morgan fingerprint density at radius 3 is 2.56 bits per heavy atom. The molecule has 16 heavy (non-hydrogen) atoms. The number of halogens is 2. The molecule has 0 aliphatic heterocycles. The second kappa shape index (κ2) is 4.72. The Balaban J connectivity index is 2.10. The van der Waals surface area contributed by atoms with E-state index in [1.54, 1.807) is 12.1 Å². The van der Waals surface area contributed by atoms with Gasteiger partial charge in [0.05, 0.1) is 5.02 Å². The molecule has 0 aromatic heterocycles. The lowest BCUT2D eigenvalue weighted by atomic mass is 9.78. The molecule has 1 aromatic rings. The van der Waals surface area contributed by atoms with E-state index in [9.17, 15) is 4.39 Å². The molecule has 1 aliphatic carbocycles. The maximum Gasteiger partial charge on any atom is 0.141 e. The SMILES string of the molecule is NC1(Cc2ccc(F)c(Cl)c2)CCCCC1. The van der Waals surface area contributed by atoms with E-state index < -0.39 is 0 Å². The Morgan fingerprint density at radius 2 is 1.94 bits per heavy atom. The molecule has 1 saturated carbocycles. The van der Waals surface area contributed by atoms with E-state index in [0.29, 0.717) is 0 Å². The minimum absolute atomic E-state index is 0.112. The topological polar surface area (TPSA) is 26.0 Å². The van der Waals surface area contributed by atoms with Crippen LogP contribution < -0.4 is 5.73 Å². The van der Waals surface area contributed by atoms with Crippen LogP contribution in [0.1, 0.15) is 37.7 Å². The summed E-state index contributed by atoms with van der Waals surface area (Å²) in [6.45, 7) is 0. The zero-order chi connectivity index (χ0) is 11.6. The van der Waals surface area contributed by atoms with Crippen molar-refractivity contribution in [1.29, 1.82) is 0 Å². The summed E-state index contributed by atoms with van der Waals surface area (Å²) in [5.41, 5.74) is 7.27. The number of rotatable bonds is 2. The highest BCUT2D eigenvalue weighted by Gasteiger charge is 2.27. The summed E-state index contributed by atoms with van der Waals surface area (Å²) < 4.78 is 13.0. The van der Waals surface area contributed by atoms with Crippen LogP contribution in [0.25, 0.3) is 0 Å². The van der Waals surface area contributed by atoms with Gasteiger partial charge < -0.3 is 5.73 Å². The van der Waals surface area contributed by atoms with Gasteiger partial charge in [0, 0.05) is 5.54 Å². The first kappa shape index (κ1) is 11.9. The predicted molar refractivity (Wildman–Crippen MR) is 65.1 cm³/mol. The Kier molecular flexibility index (Phi) is 3.50. The highest BCUT2D eigenvalue weighted by Crippen LogP contribution is 2.30. The zero-order valence-electron chi connectivity index (χ0n) is 9.31. The minimum Gasteiger partial charge on any atom is -0.325 e. The van der Waals surface area contributed by atoms with Crippen LogP contribution in [0.4, 0.5) is 4.39 Å². The van der Waals surface area contributed by atoms with E-state index in [4.69, 9.17) is 17.3 Å². The van der Waals surface area contributed by atoms with Gasteiger partial charge in [0.1, 0.15) is 5.82 Å². The van der Waals surface area contributed by atoms with Gasteiger partial charge in [0.2, 0.25) is 0 Å². The molecule has 1 aliphatic rings. The van der Waals surface area contributed by atoms with Gasteiger partial charge in [-0.05, 0) is 37.0 Å². The Labute approximate surface area is 101 Å². The van der Waals surface area contributed by atoms with Crippen LogP contribution in [-0.4, -0.2) is 5.54 Å². The molecule has 88 valence electrons. The zero-order valence-corrected chi connectivity index (χ0v) is 10.1. The summed E-state index contributed by atoms with van der Waals surface area (Å²) in [6.07, 6.45) is 6.59. The first-order chi connectivity index (χ1) is 7.59. The van der Waals surface area contributed by atoms with Crippen molar-refractivity contribution in [3.63, 3.8) is 0 Å². The van der Waals surface area contributed by atoms with Crippen molar-refractivity contribution in [2.24, 2.45) is 5.73 Å². The fourth-order valence-electron chi connectivity index (χ4n) is 2.49. The molecule has 0 amide bonds. The van der Waals surface area contributed by atoms with Crippen LogP contribution in [0.15, 0.2) is 18.2 Å². The molecule has 1 fully saturated rings. The lowest BCUT2D eigenvalue weighted by Crippen LogP contribution is -2.43. The van der Waals surface area contributed by atoms with Crippen LogP contribution in [0.2, 0.25) is 5.02 Å². The molecule has 0 radical (unpaired) electrons. The van der Waals surface area contributed by atoms with Gasteiger partial charge in [0.15, 0.2) is 0 Å². The van der Waals surface area contributed by atoms with Gasteiger partial charge in [-0.25, -0.2) is 4.39 Å². The summed E-state index contributed by atoms with van der Waals surface area (Å²) in [5, 5.41) is 0.192. The minimum atomic E-state index is -0.361. The van der Waals surface area contributed by atoms with Gasteiger partial charge >= 0.3 is 0 Å². The maximum atomic E-state index is 13.0. The number of hydrogen-bond donors (Lipinski definition) is 1. The third-order valence-corrected chi connectivity index (χ3v) is 3.68. The van der Waals surface area contributed by atoms with Crippen molar-refractivity contribution in [2.45, 2.75) is 44.1 Å². The van der Waals surface area contributed by atoms with Crippen molar-refractivity contribution in [3.05, 3.63) is 34.6 Å². The van der Waals surface area contributed by atoms with Crippen molar-refractivity contribution in [2.75, 3.05) is 0 Å². The lowest BCUT2D eigenvalue weighted by Gasteiger charge is -2.33. The second-order valence-corrected chi connectivity index (χ2v) is 5.26. The van der Waals surface area contributed by atoms with E-state index in [1.165, 1.54) is 25.3 Å². The lowest BCUT2D eigenvalue weighted by molar-refractivity contribution is 0.294. The molecule has 0 atom stereocenters. The normalized spacial score (nSPS) is 19.7. The van der Waals surface area contributed by atoms with Gasteiger partial charge in [-0.15, -0.1) is 0 Å². The van der Waals surface area contributed by atoms with E-state index in [-0.39, 0.29) is 16.4 Å². The first-order valence-corrected chi connectivity index (χ1v) is 6.20. The van der Waals surface area contributed by atoms with Crippen LogP contribution in [0, 0.1) is 5.82 Å². The average molecular weight is 242 g/mol. The summed E-state index contributed by atoms with van der Waals surface area (Å²) in [5.74, 6) is -0.361. The van der Waals surface area contributed by atoms with Crippen molar-refractivity contribution in [1.82, 2.24) is 0 Å². The number of hydrogen-bond acceptors (Lipinski definition) is 1. The number of nitrogens with two attached hydrogens (primary N) is 1. The van der Waals surface area contributed by atoms with E-state index in [2.05, 4.69) is 0 Å². The summed E-state index contributed by atoms with van der Waals surface area (Å²) in [7, 11) is 0. The molecule has 1 nitrogen and oxygen atoms in total. The molecule has 0 heterocycles. The van der Waals surface area contributed by atoms with E-state index in [1.807, 2.05) is 0 Å². The first-order valence-electron chi connectivity index (χ1n) is 5.82. The largest absolute Gasteiger partial charge is 0.325 e. The Morgan fingerprint density at radius 1 is 1.25 bits per heavy atom. The molecule has 2 N–H and O–H groups in total. The van der Waals surface area contributed by atoms with Crippen LogP contribution in [-0.2, 0) is 6.42 Å². The average Bonchev–Trinajstić information content (AvgIpc) is 2.24. The number of benzene rings is 1. The molecule has 0 saturated heterocycles. The highest BCUT2D eigenvalue weighted by molar-refractivity contribution is 6.30. The van der Waals surface area contributed by atoms with Gasteiger partial charge in [-0.1, -0.05) is 36.9 Å². The highest BCUT2D eigenvalue weighted by atomic mass is 35.5. The van der Waals surface area contributed by atoms with Gasteiger partial charge in [-0.3, -0.25) is 0 Å².